The highest BCUT2D eigenvalue weighted by molar-refractivity contribution is 5.92. The molecule has 154 valence electrons. The lowest BCUT2D eigenvalue weighted by Crippen LogP contribution is -2.34. The minimum Gasteiger partial charge on any atom is -0.372 e. The molecule has 29 heavy (non-hydrogen) atoms. The Balaban J connectivity index is 1.58. The fourth-order valence-electron chi connectivity index (χ4n) is 3.81. The van der Waals surface area contributed by atoms with Crippen LogP contribution in [0.3, 0.4) is 0 Å². The molecule has 0 bridgehead atoms. The summed E-state index contributed by atoms with van der Waals surface area (Å²) in [4.78, 5) is 30.5. The lowest BCUT2D eigenvalue weighted by atomic mass is 10.1. The topological polar surface area (TPSA) is 43.9 Å². The lowest BCUT2D eigenvalue weighted by molar-refractivity contribution is -0.130. The van der Waals surface area contributed by atoms with E-state index in [1.165, 1.54) is 24.9 Å². The minimum absolute atomic E-state index is 0.0324. The molecule has 2 aromatic carbocycles. The molecule has 1 fully saturated rings. The molecule has 2 aromatic rings. The molecule has 0 unspecified atom stereocenters. The Kier molecular flexibility index (Phi) is 7.28. The largest absolute Gasteiger partial charge is 0.372 e. The van der Waals surface area contributed by atoms with E-state index in [9.17, 15) is 9.59 Å². The molecule has 0 atom stereocenters. The summed E-state index contributed by atoms with van der Waals surface area (Å²) in [6.07, 6.45) is 4.08. The SMILES string of the molecule is CC(=O)N(CCC(=O)N(C)Cc1ccccc1)c1ccc(N2CCCCC2)cc1. The smallest absolute Gasteiger partial charge is 0.224 e. The predicted octanol–water partition coefficient (Wildman–Crippen LogP) is 4.08. The number of rotatable bonds is 7. The molecular weight excluding hydrogens is 362 g/mol. The maximum absolute atomic E-state index is 12.5. The minimum atomic E-state index is -0.0470. The first-order valence-corrected chi connectivity index (χ1v) is 10.5. The summed E-state index contributed by atoms with van der Waals surface area (Å²) in [5.74, 6) is -0.0146. The van der Waals surface area contributed by atoms with E-state index in [0.29, 0.717) is 19.5 Å². The Morgan fingerprint density at radius 1 is 0.931 bits per heavy atom. The second-order valence-corrected chi connectivity index (χ2v) is 7.72. The van der Waals surface area contributed by atoms with Gasteiger partial charge in [0, 0.05) is 57.9 Å². The molecular formula is C24H31N3O2. The van der Waals surface area contributed by atoms with Gasteiger partial charge in [-0.05, 0) is 49.1 Å². The Hall–Kier alpha value is -2.82. The van der Waals surface area contributed by atoms with Crippen molar-refractivity contribution < 1.29 is 9.59 Å². The number of hydrogen-bond acceptors (Lipinski definition) is 3. The molecule has 5 heteroatoms. The molecule has 0 spiro atoms. The van der Waals surface area contributed by atoms with Crippen molar-refractivity contribution in [1.82, 2.24) is 4.90 Å². The number of piperidine rings is 1. The first-order chi connectivity index (χ1) is 14.0. The van der Waals surface area contributed by atoms with Gasteiger partial charge in [-0.3, -0.25) is 9.59 Å². The predicted molar refractivity (Wildman–Crippen MR) is 118 cm³/mol. The standard InChI is InChI=1S/C24H31N3O2/c1-20(28)27(18-15-24(29)25(2)19-21-9-5-3-6-10-21)23-13-11-22(12-14-23)26-16-7-4-8-17-26/h3,5-6,9-14H,4,7-8,15-19H2,1-2H3. The van der Waals surface area contributed by atoms with Crippen LogP contribution in [-0.2, 0) is 16.1 Å². The van der Waals surface area contributed by atoms with Gasteiger partial charge in [-0.1, -0.05) is 30.3 Å². The summed E-state index contributed by atoms with van der Waals surface area (Å²) in [7, 11) is 1.81. The molecule has 0 saturated carbocycles. The molecule has 1 aliphatic rings. The van der Waals surface area contributed by atoms with Crippen molar-refractivity contribution in [2.75, 3.05) is 36.5 Å². The third kappa shape index (κ3) is 5.83. The van der Waals surface area contributed by atoms with Gasteiger partial charge in [0.1, 0.15) is 0 Å². The van der Waals surface area contributed by atoms with Gasteiger partial charge in [0.05, 0.1) is 0 Å². The third-order valence-corrected chi connectivity index (χ3v) is 5.50. The Labute approximate surface area is 173 Å². The van der Waals surface area contributed by atoms with Gasteiger partial charge in [0.25, 0.3) is 0 Å². The van der Waals surface area contributed by atoms with Crippen molar-refractivity contribution in [1.29, 1.82) is 0 Å². The Bertz CT molecular complexity index is 799. The summed E-state index contributed by atoms with van der Waals surface area (Å²) >= 11 is 0. The van der Waals surface area contributed by atoms with Crippen molar-refractivity contribution >= 4 is 23.2 Å². The van der Waals surface area contributed by atoms with E-state index >= 15 is 0 Å². The number of benzene rings is 2. The summed E-state index contributed by atoms with van der Waals surface area (Å²) in [6, 6.07) is 18.1. The van der Waals surface area contributed by atoms with Crippen LogP contribution in [0.1, 0.15) is 38.2 Å². The van der Waals surface area contributed by atoms with Gasteiger partial charge >= 0.3 is 0 Å². The van der Waals surface area contributed by atoms with Crippen LogP contribution in [0, 0.1) is 0 Å². The Morgan fingerprint density at radius 2 is 1.59 bits per heavy atom. The molecule has 0 N–H and O–H groups in total. The van der Waals surface area contributed by atoms with Crippen LogP contribution in [0.25, 0.3) is 0 Å². The highest BCUT2D eigenvalue weighted by atomic mass is 16.2. The Morgan fingerprint density at radius 3 is 2.21 bits per heavy atom. The monoisotopic (exact) mass is 393 g/mol. The van der Waals surface area contributed by atoms with Crippen molar-refractivity contribution in [3.63, 3.8) is 0 Å². The summed E-state index contributed by atoms with van der Waals surface area (Å²) < 4.78 is 0. The molecule has 2 amide bonds. The third-order valence-electron chi connectivity index (χ3n) is 5.50. The molecule has 1 saturated heterocycles. The van der Waals surface area contributed by atoms with E-state index in [1.807, 2.05) is 42.5 Å². The van der Waals surface area contributed by atoms with Gasteiger partial charge < -0.3 is 14.7 Å². The van der Waals surface area contributed by atoms with E-state index in [4.69, 9.17) is 0 Å². The quantitative estimate of drug-likeness (QED) is 0.712. The van der Waals surface area contributed by atoms with Crippen LogP contribution in [0.15, 0.2) is 54.6 Å². The highest BCUT2D eigenvalue weighted by Crippen LogP contribution is 2.24. The van der Waals surface area contributed by atoms with Gasteiger partial charge in [-0.15, -0.1) is 0 Å². The van der Waals surface area contributed by atoms with Crippen LogP contribution < -0.4 is 9.80 Å². The van der Waals surface area contributed by atoms with Crippen molar-refractivity contribution in [3.05, 3.63) is 60.2 Å². The van der Waals surface area contributed by atoms with Crippen LogP contribution in [-0.4, -0.2) is 43.4 Å². The summed E-state index contributed by atoms with van der Waals surface area (Å²) in [5, 5.41) is 0. The number of hydrogen-bond donors (Lipinski definition) is 0. The van der Waals surface area contributed by atoms with E-state index in [-0.39, 0.29) is 11.8 Å². The molecule has 0 aliphatic carbocycles. The van der Waals surface area contributed by atoms with Crippen LogP contribution >= 0.6 is 0 Å². The normalized spacial score (nSPS) is 13.8. The van der Waals surface area contributed by atoms with Crippen molar-refractivity contribution in [3.8, 4) is 0 Å². The van der Waals surface area contributed by atoms with Crippen molar-refractivity contribution in [2.45, 2.75) is 39.2 Å². The number of carbonyl (C=O) groups is 2. The van der Waals surface area contributed by atoms with E-state index < -0.39 is 0 Å². The average molecular weight is 394 g/mol. The number of carbonyl (C=O) groups excluding carboxylic acids is 2. The number of anilines is 2. The van der Waals surface area contributed by atoms with E-state index in [2.05, 4.69) is 17.0 Å². The second-order valence-electron chi connectivity index (χ2n) is 7.72. The molecule has 1 heterocycles. The van der Waals surface area contributed by atoms with Crippen molar-refractivity contribution in [2.24, 2.45) is 0 Å². The van der Waals surface area contributed by atoms with Crippen LogP contribution in [0.5, 0.6) is 0 Å². The number of amides is 2. The fourth-order valence-corrected chi connectivity index (χ4v) is 3.81. The lowest BCUT2D eigenvalue weighted by Gasteiger charge is -2.29. The molecule has 1 aliphatic heterocycles. The molecule has 3 rings (SSSR count). The van der Waals surface area contributed by atoms with Crippen LogP contribution in [0.4, 0.5) is 11.4 Å². The van der Waals surface area contributed by atoms with Crippen LogP contribution in [0.2, 0.25) is 0 Å². The molecule has 0 radical (unpaired) electrons. The zero-order valence-corrected chi connectivity index (χ0v) is 17.5. The van der Waals surface area contributed by atoms with Gasteiger partial charge in [-0.2, -0.15) is 0 Å². The summed E-state index contributed by atoms with van der Waals surface area (Å²) in [6.45, 7) is 4.70. The van der Waals surface area contributed by atoms with Gasteiger partial charge in [-0.25, -0.2) is 0 Å². The summed E-state index contributed by atoms with van der Waals surface area (Å²) in [5.41, 5.74) is 3.15. The number of nitrogens with zero attached hydrogens (tertiary/aromatic N) is 3. The first-order valence-electron chi connectivity index (χ1n) is 10.5. The zero-order valence-electron chi connectivity index (χ0n) is 17.5. The van der Waals surface area contributed by atoms with E-state index in [1.54, 1.807) is 23.8 Å². The fraction of sp³-hybridized carbons (Fsp3) is 0.417. The van der Waals surface area contributed by atoms with Gasteiger partial charge in [0.2, 0.25) is 11.8 Å². The van der Waals surface area contributed by atoms with E-state index in [0.717, 1.165) is 24.3 Å². The maximum Gasteiger partial charge on any atom is 0.224 e. The zero-order chi connectivity index (χ0) is 20.6. The second kappa shape index (κ2) is 10.1. The highest BCUT2D eigenvalue weighted by Gasteiger charge is 2.17. The molecule has 5 nitrogen and oxygen atoms in total. The van der Waals surface area contributed by atoms with Gasteiger partial charge in [0.15, 0.2) is 0 Å². The molecule has 0 aromatic heterocycles. The first kappa shape index (κ1) is 20.9. The average Bonchev–Trinajstić information content (AvgIpc) is 2.75. The maximum atomic E-state index is 12.5.